The molecule has 0 aromatic carbocycles. The molecule has 1 fully saturated rings. The Kier molecular flexibility index (Phi) is 3.11. The largest absolute Gasteiger partial charge is 0.329 e. The molecule has 0 saturated carbocycles. The fraction of sp³-hybridized carbons (Fsp3) is 1.00. The monoisotopic (exact) mass is 177 g/mol. The van der Waals surface area contributed by atoms with Crippen LogP contribution in [0, 0.1) is 0 Å². The van der Waals surface area contributed by atoms with Gasteiger partial charge in [0.2, 0.25) is 7.37 Å². The standard InChI is InChI=1S/C7H16NO2P/c1-3-10-11(9)6-4-8(2)5-7-11/h3-7H2,1-2H3. The SMILES string of the molecule is CCOP1(=O)CCN(C)CC1. The summed E-state index contributed by atoms with van der Waals surface area (Å²) >= 11 is 0. The lowest BCUT2D eigenvalue weighted by atomic mass is 10.6. The van der Waals surface area contributed by atoms with Crippen molar-refractivity contribution >= 4 is 7.37 Å². The van der Waals surface area contributed by atoms with Gasteiger partial charge in [-0.05, 0) is 14.0 Å². The van der Waals surface area contributed by atoms with Crippen molar-refractivity contribution in [1.82, 2.24) is 4.90 Å². The van der Waals surface area contributed by atoms with Crippen LogP contribution < -0.4 is 0 Å². The maximum atomic E-state index is 11.7. The number of hydrogen-bond acceptors (Lipinski definition) is 3. The van der Waals surface area contributed by atoms with E-state index in [1.165, 1.54) is 0 Å². The normalized spacial score (nSPS) is 25.3. The maximum absolute atomic E-state index is 11.7. The van der Waals surface area contributed by atoms with Gasteiger partial charge in [-0.25, -0.2) is 0 Å². The Balaban J connectivity index is 2.42. The van der Waals surface area contributed by atoms with Gasteiger partial charge in [0, 0.05) is 25.4 Å². The lowest BCUT2D eigenvalue weighted by Gasteiger charge is -2.28. The molecule has 0 bridgehead atoms. The lowest BCUT2D eigenvalue weighted by molar-refractivity contribution is 0.295. The van der Waals surface area contributed by atoms with Crippen LogP contribution >= 0.6 is 7.37 Å². The zero-order chi connectivity index (χ0) is 8.32. The zero-order valence-electron chi connectivity index (χ0n) is 7.25. The van der Waals surface area contributed by atoms with Crippen LogP contribution in [0.3, 0.4) is 0 Å². The zero-order valence-corrected chi connectivity index (χ0v) is 8.14. The molecule has 1 rings (SSSR count). The Morgan fingerprint density at radius 1 is 1.45 bits per heavy atom. The summed E-state index contributed by atoms with van der Waals surface area (Å²) in [6, 6.07) is 0. The third-order valence-electron chi connectivity index (χ3n) is 2.01. The lowest BCUT2D eigenvalue weighted by Crippen LogP contribution is -2.31. The van der Waals surface area contributed by atoms with Crippen molar-refractivity contribution in [3.05, 3.63) is 0 Å². The molecule has 4 heteroatoms. The molecule has 11 heavy (non-hydrogen) atoms. The topological polar surface area (TPSA) is 29.5 Å². The summed E-state index contributed by atoms with van der Waals surface area (Å²) in [6.07, 6.45) is 1.47. The second-order valence-corrected chi connectivity index (χ2v) is 5.76. The van der Waals surface area contributed by atoms with Crippen LogP contribution in [0.4, 0.5) is 0 Å². The van der Waals surface area contributed by atoms with E-state index < -0.39 is 7.37 Å². The van der Waals surface area contributed by atoms with Gasteiger partial charge in [-0.15, -0.1) is 0 Å². The summed E-state index contributed by atoms with van der Waals surface area (Å²) in [7, 11) is -0.141. The average Bonchev–Trinajstić information content (AvgIpc) is 1.97. The minimum atomic E-state index is -2.19. The Hall–Kier alpha value is 0.150. The summed E-state index contributed by atoms with van der Waals surface area (Å²) in [5.41, 5.74) is 0. The van der Waals surface area contributed by atoms with E-state index in [9.17, 15) is 4.57 Å². The summed E-state index contributed by atoms with van der Waals surface area (Å²) in [5, 5.41) is 0. The second-order valence-electron chi connectivity index (χ2n) is 2.98. The summed E-state index contributed by atoms with van der Waals surface area (Å²) < 4.78 is 17.0. The van der Waals surface area contributed by atoms with Gasteiger partial charge in [0.1, 0.15) is 0 Å². The van der Waals surface area contributed by atoms with E-state index in [1.54, 1.807) is 0 Å². The minimum Gasteiger partial charge on any atom is -0.329 e. The van der Waals surface area contributed by atoms with Crippen LogP contribution in [0.5, 0.6) is 0 Å². The highest BCUT2D eigenvalue weighted by atomic mass is 31.2. The molecule has 0 N–H and O–H groups in total. The molecule has 0 atom stereocenters. The van der Waals surface area contributed by atoms with Crippen molar-refractivity contribution in [1.29, 1.82) is 0 Å². The van der Waals surface area contributed by atoms with Crippen LogP contribution in [0.2, 0.25) is 0 Å². The minimum absolute atomic E-state index is 0.584. The molecule has 0 aromatic rings. The van der Waals surface area contributed by atoms with Crippen molar-refractivity contribution in [3.63, 3.8) is 0 Å². The predicted molar refractivity (Wildman–Crippen MR) is 46.5 cm³/mol. The van der Waals surface area contributed by atoms with Crippen LogP contribution in [0.15, 0.2) is 0 Å². The molecule has 0 aromatic heterocycles. The summed E-state index contributed by atoms with van der Waals surface area (Å²) in [4.78, 5) is 2.19. The Bertz CT molecular complexity index is 160. The third kappa shape index (κ3) is 2.58. The van der Waals surface area contributed by atoms with E-state index in [4.69, 9.17) is 4.52 Å². The fourth-order valence-corrected chi connectivity index (χ4v) is 3.48. The van der Waals surface area contributed by atoms with E-state index in [-0.39, 0.29) is 0 Å². The molecule has 3 nitrogen and oxygen atoms in total. The number of rotatable bonds is 2. The third-order valence-corrected chi connectivity index (χ3v) is 4.50. The van der Waals surface area contributed by atoms with Crippen molar-refractivity contribution in [2.75, 3.05) is 39.1 Å². The van der Waals surface area contributed by atoms with E-state index in [1.807, 2.05) is 6.92 Å². The van der Waals surface area contributed by atoms with Crippen molar-refractivity contribution in [3.8, 4) is 0 Å². The van der Waals surface area contributed by atoms with Crippen molar-refractivity contribution in [2.45, 2.75) is 6.92 Å². The molecular formula is C7H16NO2P. The fourth-order valence-electron chi connectivity index (χ4n) is 1.23. The van der Waals surface area contributed by atoms with Crippen LogP contribution in [0.1, 0.15) is 6.92 Å². The Morgan fingerprint density at radius 2 is 2.00 bits per heavy atom. The maximum Gasteiger partial charge on any atom is 0.205 e. The molecule has 0 amide bonds. The quantitative estimate of drug-likeness (QED) is 0.594. The molecular weight excluding hydrogens is 161 g/mol. The first-order chi connectivity index (χ1) is 5.16. The van der Waals surface area contributed by atoms with Crippen LogP contribution in [-0.4, -0.2) is 44.0 Å². The number of nitrogens with zero attached hydrogens (tertiary/aromatic N) is 1. The van der Waals surface area contributed by atoms with Gasteiger partial charge in [-0.2, -0.15) is 0 Å². The summed E-state index contributed by atoms with van der Waals surface area (Å²) in [5.74, 6) is 0. The first-order valence-electron chi connectivity index (χ1n) is 4.07. The van der Waals surface area contributed by atoms with Gasteiger partial charge in [0.25, 0.3) is 0 Å². The van der Waals surface area contributed by atoms with Crippen molar-refractivity contribution in [2.24, 2.45) is 0 Å². The van der Waals surface area contributed by atoms with E-state index in [2.05, 4.69) is 11.9 Å². The van der Waals surface area contributed by atoms with Gasteiger partial charge in [-0.1, -0.05) is 0 Å². The molecule has 0 unspecified atom stereocenters. The number of hydrogen-bond donors (Lipinski definition) is 0. The average molecular weight is 177 g/mol. The predicted octanol–water partition coefficient (Wildman–Crippen LogP) is 1.25. The molecule has 66 valence electrons. The Labute approximate surface area is 68.2 Å². The van der Waals surface area contributed by atoms with Crippen LogP contribution in [-0.2, 0) is 9.09 Å². The van der Waals surface area contributed by atoms with Gasteiger partial charge in [-0.3, -0.25) is 4.57 Å². The van der Waals surface area contributed by atoms with E-state index in [0.717, 1.165) is 25.4 Å². The van der Waals surface area contributed by atoms with Gasteiger partial charge >= 0.3 is 0 Å². The molecule has 1 aliphatic heterocycles. The molecule has 1 saturated heterocycles. The van der Waals surface area contributed by atoms with Crippen LogP contribution in [0.25, 0.3) is 0 Å². The van der Waals surface area contributed by atoms with E-state index in [0.29, 0.717) is 6.61 Å². The van der Waals surface area contributed by atoms with Crippen molar-refractivity contribution < 1.29 is 9.09 Å². The summed E-state index contributed by atoms with van der Waals surface area (Å²) in [6.45, 7) is 4.31. The van der Waals surface area contributed by atoms with Gasteiger partial charge < -0.3 is 9.42 Å². The molecule has 0 spiro atoms. The molecule has 0 aliphatic carbocycles. The highest BCUT2D eigenvalue weighted by molar-refractivity contribution is 7.59. The highest BCUT2D eigenvalue weighted by Crippen LogP contribution is 2.47. The smallest absolute Gasteiger partial charge is 0.205 e. The first kappa shape index (κ1) is 9.24. The van der Waals surface area contributed by atoms with Gasteiger partial charge in [0.05, 0.1) is 6.61 Å². The second kappa shape index (κ2) is 3.70. The van der Waals surface area contributed by atoms with E-state index >= 15 is 0 Å². The Morgan fingerprint density at radius 3 is 2.45 bits per heavy atom. The highest BCUT2D eigenvalue weighted by Gasteiger charge is 2.27. The molecule has 1 aliphatic rings. The molecule has 1 heterocycles. The first-order valence-corrected chi connectivity index (χ1v) is 6.07. The van der Waals surface area contributed by atoms with Gasteiger partial charge in [0.15, 0.2) is 0 Å². The molecule has 0 radical (unpaired) electrons.